The number of aliphatic hydroxyl groups excluding tert-OH is 1. The maximum atomic E-state index is 11.1. The number of hydrogen-bond donors (Lipinski definition) is 5. The molecule has 176 valence electrons. The molecular formula is C26H18N4O4Pd. The van der Waals surface area contributed by atoms with Crippen LogP contribution in [0.3, 0.4) is 0 Å². The Morgan fingerprint density at radius 3 is 2.11 bits per heavy atom. The van der Waals surface area contributed by atoms with Gasteiger partial charge in [0, 0.05) is 37.5 Å². The molecule has 0 fully saturated rings. The number of rotatable bonds is 1. The zero-order chi connectivity index (χ0) is 23.4. The van der Waals surface area contributed by atoms with Crippen molar-refractivity contribution in [3.8, 4) is 22.6 Å². The average molecular weight is 557 g/mol. The Bertz CT molecular complexity index is 1700. The largest absolute Gasteiger partial charge is 0.505 e. The summed E-state index contributed by atoms with van der Waals surface area (Å²) in [6, 6.07) is 17.9. The van der Waals surface area contributed by atoms with Crippen LogP contribution < -0.4 is 0 Å². The number of hydrogen-bond acceptors (Lipinski definition) is 6. The maximum Gasteiger partial charge on any atom is 0.176 e. The number of aliphatic hydroxyl groups is 1. The second-order valence-corrected chi connectivity index (χ2v) is 8.00. The number of aromatic amines is 1. The topological polar surface area (TPSA) is 127 Å². The Morgan fingerprint density at radius 2 is 1.40 bits per heavy atom. The van der Waals surface area contributed by atoms with Gasteiger partial charge in [-0.1, -0.05) is 30.3 Å². The molecular weight excluding hydrogens is 539 g/mol. The minimum absolute atomic E-state index is 0. The van der Waals surface area contributed by atoms with Gasteiger partial charge < -0.3 is 25.5 Å². The zero-order valence-corrected chi connectivity index (χ0v) is 19.5. The van der Waals surface area contributed by atoms with Crippen LogP contribution in [0.1, 0.15) is 22.8 Å². The summed E-state index contributed by atoms with van der Waals surface area (Å²) in [4.78, 5) is 12.1. The molecule has 2 aliphatic rings. The van der Waals surface area contributed by atoms with Gasteiger partial charge in [-0.3, -0.25) is 0 Å². The standard InChI is InChI=1S/C26H18N4O4.Pd/c31-21-13-19-11-17-7-6-15(27-17)10-16-8-9-18(28-16)12-20-22(14-4-2-1-3-5-14)25(32)24(30(20)34)26(33)23(21)29-19;/h1-13,27,31-34H;. The molecule has 5 N–H and O–H groups in total. The molecule has 4 aromatic rings. The van der Waals surface area contributed by atoms with Crippen molar-refractivity contribution >= 4 is 46.1 Å². The molecule has 0 saturated carbocycles. The van der Waals surface area contributed by atoms with Crippen molar-refractivity contribution in [2.24, 2.45) is 0 Å². The third-order valence-corrected chi connectivity index (χ3v) is 5.74. The molecule has 3 aromatic heterocycles. The fraction of sp³-hybridized carbons (Fsp3) is 0. The van der Waals surface area contributed by atoms with E-state index in [9.17, 15) is 20.5 Å². The van der Waals surface area contributed by atoms with E-state index >= 15 is 0 Å². The van der Waals surface area contributed by atoms with E-state index in [0.717, 1.165) is 11.0 Å². The zero-order valence-electron chi connectivity index (χ0n) is 18.0. The molecule has 0 amide bonds. The van der Waals surface area contributed by atoms with Gasteiger partial charge in [0.25, 0.3) is 0 Å². The summed E-state index contributed by atoms with van der Waals surface area (Å²) in [5.74, 6) is -1.22. The molecule has 2 aliphatic heterocycles. The molecule has 1 aromatic carbocycles. The fourth-order valence-electron chi connectivity index (χ4n) is 4.20. The second kappa shape index (κ2) is 8.47. The summed E-state index contributed by atoms with van der Waals surface area (Å²) in [6.45, 7) is 0. The van der Waals surface area contributed by atoms with Crippen molar-refractivity contribution in [2.45, 2.75) is 0 Å². The van der Waals surface area contributed by atoms with Gasteiger partial charge >= 0.3 is 0 Å². The Morgan fingerprint density at radius 1 is 0.743 bits per heavy atom. The summed E-state index contributed by atoms with van der Waals surface area (Å²) in [6.07, 6.45) is 5.03. The summed E-state index contributed by atoms with van der Waals surface area (Å²) < 4.78 is 0.685. The average Bonchev–Trinajstić information content (AvgIpc) is 3.58. The number of fused-ring (bicyclic) bond motifs is 8. The van der Waals surface area contributed by atoms with Gasteiger partial charge in [0.05, 0.1) is 28.2 Å². The van der Waals surface area contributed by atoms with E-state index in [0.29, 0.717) is 32.9 Å². The first-order chi connectivity index (χ1) is 16.5. The molecule has 0 aliphatic carbocycles. The summed E-state index contributed by atoms with van der Waals surface area (Å²) in [7, 11) is 0. The molecule has 0 spiro atoms. The summed E-state index contributed by atoms with van der Waals surface area (Å²) in [5, 5.41) is 43.7. The van der Waals surface area contributed by atoms with Crippen LogP contribution in [0.5, 0.6) is 11.5 Å². The van der Waals surface area contributed by atoms with E-state index in [2.05, 4.69) is 15.0 Å². The number of nitrogens with zero attached hydrogens (tertiary/aromatic N) is 3. The molecule has 0 saturated heterocycles. The van der Waals surface area contributed by atoms with Gasteiger partial charge in [0.2, 0.25) is 0 Å². The van der Waals surface area contributed by atoms with Crippen molar-refractivity contribution in [3.05, 3.63) is 83.4 Å². The van der Waals surface area contributed by atoms with E-state index in [-0.39, 0.29) is 48.7 Å². The molecule has 6 rings (SSSR count). The van der Waals surface area contributed by atoms with Crippen molar-refractivity contribution in [1.82, 2.24) is 19.7 Å². The van der Waals surface area contributed by atoms with E-state index in [1.165, 1.54) is 6.08 Å². The van der Waals surface area contributed by atoms with Crippen LogP contribution >= 0.6 is 0 Å². The molecule has 9 heteroatoms. The van der Waals surface area contributed by atoms with Gasteiger partial charge in [-0.15, -0.1) is 0 Å². The van der Waals surface area contributed by atoms with E-state index in [4.69, 9.17) is 0 Å². The fourth-order valence-corrected chi connectivity index (χ4v) is 4.20. The number of aromatic nitrogens is 4. The van der Waals surface area contributed by atoms with Crippen LogP contribution in [0.4, 0.5) is 0 Å². The van der Waals surface area contributed by atoms with Gasteiger partial charge in [-0.05, 0) is 48.0 Å². The van der Waals surface area contributed by atoms with Crippen LogP contribution in [0.15, 0.2) is 60.7 Å². The first-order valence-corrected chi connectivity index (χ1v) is 10.5. The van der Waals surface area contributed by atoms with Crippen LogP contribution in [-0.2, 0) is 20.4 Å². The quantitative estimate of drug-likeness (QED) is 0.140. The Hall–Kier alpha value is -4.32. The van der Waals surface area contributed by atoms with E-state index in [1.54, 1.807) is 42.5 Å². The summed E-state index contributed by atoms with van der Waals surface area (Å²) in [5.41, 5.74) is 3.87. The second-order valence-electron chi connectivity index (χ2n) is 8.00. The third kappa shape index (κ3) is 3.77. The smallest absolute Gasteiger partial charge is 0.176 e. The number of aromatic hydroxyl groups is 2. The van der Waals surface area contributed by atoms with Gasteiger partial charge in [0.1, 0.15) is 11.5 Å². The first kappa shape index (κ1) is 22.5. The minimum Gasteiger partial charge on any atom is -0.505 e. The third-order valence-electron chi connectivity index (χ3n) is 5.74. The molecule has 5 heterocycles. The normalized spacial score (nSPS) is 12.3. The molecule has 0 radical (unpaired) electrons. The number of H-pyrrole nitrogens is 1. The van der Waals surface area contributed by atoms with Crippen molar-refractivity contribution < 1.29 is 40.9 Å². The molecule has 0 atom stereocenters. The summed E-state index contributed by atoms with van der Waals surface area (Å²) >= 11 is 0. The predicted molar refractivity (Wildman–Crippen MR) is 130 cm³/mol. The number of nitrogens with one attached hydrogen (secondary N) is 1. The Kier molecular flexibility index (Phi) is 5.44. The van der Waals surface area contributed by atoms with Crippen molar-refractivity contribution in [2.75, 3.05) is 0 Å². The molecule has 0 unspecified atom stereocenters. The van der Waals surface area contributed by atoms with E-state index in [1.807, 2.05) is 30.3 Å². The van der Waals surface area contributed by atoms with Crippen LogP contribution in [0, 0.1) is 0 Å². The van der Waals surface area contributed by atoms with E-state index < -0.39 is 5.75 Å². The van der Waals surface area contributed by atoms with Crippen molar-refractivity contribution in [1.29, 1.82) is 0 Å². The molecule has 8 nitrogen and oxygen atoms in total. The minimum atomic E-state index is -0.572. The van der Waals surface area contributed by atoms with Gasteiger partial charge in [-0.2, -0.15) is 4.73 Å². The van der Waals surface area contributed by atoms with Crippen molar-refractivity contribution in [3.63, 3.8) is 0 Å². The van der Waals surface area contributed by atoms with Gasteiger partial charge in [0.15, 0.2) is 17.0 Å². The van der Waals surface area contributed by atoms with Crippen LogP contribution in [0.25, 0.3) is 57.2 Å². The Labute approximate surface area is 212 Å². The van der Waals surface area contributed by atoms with Gasteiger partial charge in [-0.25, -0.2) is 9.97 Å². The SMILES string of the molecule is OC1=Cc2cc3ccc(cc4nc(cc5c(-c6ccccc6)c(O)c(c(O)c1n2)n5O)C=C4)[nH]3.[Pd]. The Balaban J connectivity index is 0.00000253. The molecule has 8 bridgehead atoms. The first-order valence-electron chi connectivity index (χ1n) is 10.5. The predicted octanol–water partition coefficient (Wildman–Crippen LogP) is 5.33. The monoisotopic (exact) mass is 556 g/mol. The number of benzene rings is 1. The molecule has 35 heavy (non-hydrogen) atoms. The maximum absolute atomic E-state index is 11.1. The van der Waals surface area contributed by atoms with Crippen LogP contribution in [-0.4, -0.2) is 40.2 Å². The van der Waals surface area contributed by atoms with Crippen LogP contribution in [0.2, 0.25) is 0 Å².